The molecule has 0 aromatic heterocycles. The molecule has 3 atom stereocenters. The van der Waals surface area contributed by atoms with Crippen LogP contribution in [0.25, 0.3) is 0 Å². The third-order valence-electron chi connectivity index (χ3n) is 5.38. The SMILES string of the molecule is COC(=O)c1ccc(Cl)c2c1[C@@H]1C=CC[C@H]1[C@H](c1ccc(C(=O)[O-])cc1)N2. The number of halogens is 1. The predicted molar refractivity (Wildman–Crippen MR) is 99.9 cm³/mol. The maximum absolute atomic E-state index is 12.3. The van der Waals surface area contributed by atoms with E-state index in [1.54, 1.807) is 36.4 Å². The number of hydrogen-bond donors (Lipinski definition) is 1. The Morgan fingerprint density at radius 2 is 1.93 bits per heavy atom. The van der Waals surface area contributed by atoms with Crippen molar-refractivity contribution in [3.63, 3.8) is 0 Å². The van der Waals surface area contributed by atoms with Gasteiger partial charge < -0.3 is 20.0 Å². The standard InChI is InChI=1S/C21H18ClNO4/c1-27-21(26)15-9-10-16(22)19-17(15)13-3-2-4-14(13)18(23-19)11-5-7-12(8-6-11)20(24)25/h2-3,5-10,13-14,18,23H,4H2,1H3,(H,24,25)/p-1/t13-,14-,18+/m1/s1. The molecule has 0 saturated heterocycles. The quantitative estimate of drug-likeness (QED) is 0.650. The second-order valence-corrected chi connectivity index (χ2v) is 7.17. The summed E-state index contributed by atoms with van der Waals surface area (Å²) in [6.45, 7) is 0. The first-order valence-corrected chi connectivity index (χ1v) is 9.04. The number of rotatable bonds is 3. The molecule has 0 radical (unpaired) electrons. The third-order valence-corrected chi connectivity index (χ3v) is 5.69. The van der Waals surface area contributed by atoms with Gasteiger partial charge in [-0.15, -0.1) is 0 Å². The van der Waals surface area contributed by atoms with Gasteiger partial charge in [-0.05, 0) is 41.2 Å². The van der Waals surface area contributed by atoms with Gasteiger partial charge in [-0.2, -0.15) is 0 Å². The largest absolute Gasteiger partial charge is 0.545 e. The molecule has 6 heteroatoms. The molecule has 0 bridgehead atoms. The van der Waals surface area contributed by atoms with Crippen LogP contribution in [-0.4, -0.2) is 19.0 Å². The van der Waals surface area contributed by atoms with Gasteiger partial charge in [-0.1, -0.05) is 48.0 Å². The van der Waals surface area contributed by atoms with E-state index in [0.29, 0.717) is 10.6 Å². The number of anilines is 1. The van der Waals surface area contributed by atoms with E-state index in [4.69, 9.17) is 16.3 Å². The number of carboxylic acid groups (broad SMARTS) is 1. The summed E-state index contributed by atoms with van der Waals surface area (Å²) in [5.74, 6) is -1.37. The van der Waals surface area contributed by atoms with E-state index in [2.05, 4.69) is 17.5 Å². The molecule has 5 nitrogen and oxygen atoms in total. The highest BCUT2D eigenvalue weighted by molar-refractivity contribution is 6.33. The smallest absolute Gasteiger partial charge is 0.338 e. The molecule has 138 valence electrons. The first kappa shape index (κ1) is 17.6. The highest BCUT2D eigenvalue weighted by Crippen LogP contribution is 2.52. The third kappa shape index (κ3) is 2.88. The normalized spacial score (nSPS) is 22.5. The number of carboxylic acids is 1. The van der Waals surface area contributed by atoms with Crippen molar-refractivity contribution in [1.29, 1.82) is 0 Å². The molecule has 0 spiro atoms. The number of carbonyl (C=O) groups is 2. The molecule has 27 heavy (non-hydrogen) atoms. The number of hydrogen-bond acceptors (Lipinski definition) is 5. The first-order valence-electron chi connectivity index (χ1n) is 8.66. The van der Waals surface area contributed by atoms with Gasteiger partial charge in [0.2, 0.25) is 0 Å². The molecule has 0 fully saturated rings. The average molecular weight is 383 g/mol. The number of aromatic carboxylic acids is 1. The lowest BCUT2D eigenvalue weighted by atomic mass is 9.75. The minimum absolute atomic E-state index is 0.0277. The van der Waals surface area contributed by atoms with Gasteiger partial charge in [0.05, 0.1) is 35.4 Å². The molecule has 1 N–H and O–H groups in total. The van der Waals surface area contributed by atoms with Crippen LogP contribution in [-0.2, 0) is 4.74 Å². The summed E-state index contributed by atoms with van der Waals surface area (Å²) in [5, 5.41) is 15.0. The van der Waals surface area contributed by atoms with E-state index < -0.39 is 5.97 Å². The average Bonchev–Trinajstić information content (AvgIpc) is 3.17. The fraction of sp³-hybridized carbons (Fsp3) is 0.238. The highest BCUT2D eigenvalue weighted by Gasteiger charge is 2.40. The monoisotopic (exact) mass is 382 g/mol. The van der Waals surface area contributed by atoms with Crippen LogP contribution in [0.2, 0.25) is 5.02 Å². The Morgan fingerprint density at radius 1 is 1.19 bits per heavy atom. The second-order valence-electron chi connectivity index (χ2n) is 6.76. The Morgan fingerprint density at radius 3 is 2.59 bits per heavy atom. The van der Waals surface area contributed by atoms with Crippen molar-refractivity contribution in [1.82, 2.24) is 0 Å². The van der Waals surface area contributed by atoms with E-state index in [1.807, 2.05) is 0 Å². The molecule has 0 unspecified atom stereocenters. The van der Waals surface area contributed by atoms with Crippen molar-refractivity contribution in [2.24, 2.45) is 5.92 Å². The van der Waals surface area contributed by atoms with Gasteiger partial charge >= 0.3 is 5.97 Å². The zero-order valence-electron chi connectivity index (χ0n) is 14.6. The minimum Gasteiger partial charge on any atom is -0.545 e. The number of methoxy groups -OCH3 is 1. The van der Waals surface area contributed by atoms with E-state index in [-0.39, 0.29) is 29.4 Å². The van der Waals surface area contributed by atoms with Gasteiger partial charge in [0, 0.05) is 5.92 Å². The Bertz CT molecular complexity index is 951. The van der Waals surface area contributed by atoms with Gasteiger partial charge in [0.1, 0.15) is 0 Å². The maximum Gasteiger partial charge on any atom is 0.338 e. The molecule has 0 amide bonds. The number of nitrogens with one attached hydrogen (secondary N) is 1. The van der Waals surface area contributed by atoms with Crippen LogP contribution < -0.4 is 10.4 Å². The lowest BCUT2D eigenvalue weighted by Crippen LogP contribution is -2.31. The fourth-order valence-corrected chi connectivity index (χ4v) is 4.34. The van der Waals surface area contributed by atoms with Gasteiger partial charge in [0.25, 0.3) is 0 Å². The summed E-state index contributed by atoms with van der Waals surface area (Å²) in [4.78, 5) is 23.3. The van der Waals surface area contributed by atoms with Crippen molar-refractivity contribution in [2.75, 3.05) is 12.4 Å². The second kappa shape index (κ2) is 6.74. The van der Waals surface area contributed by atoms with Crippen molar-refractivity contribution in [3.8, 4) is 0 Å². The summed E-state index contributed by atoms with van der Waals surface area (Å²) in [6.07, 6.45) is 5.06. The molecular formula is C21H17ClNO4-. The summed E-state index contributed by atoms with van der Waals surface area (Å²) >= 11 is 6.45. The van der Waals surface area contributed by atoms with Gasteiger partial charge in [-0.3, -0.25) is 0 Å². The Hall–Kier alpha value is -2.79. The number of esters is 1. The number of fused-ring (bicyclic) bond motifs is 3. The number of allylic oxidation sites excluding steroid dienone is 2. The summed E-state index contributed by atoms with van der Waals surface area (Å²) < 4.78 is 4.94. The van der Waals surface area contributed by atoms with Crippen LogP contribution in [0.15, 0.2) is 48.6 Å². The van der Waals surface area contributed by atoms with E-state index in [0.717, 1.165) is 23.2 Å². The van der Waals surface area contributed by atoms with Gasteiger partial charge in [0.15, 0.2) is 0 Å². The van der Waals surface area contributed by atoms with E-state index in [9.17, 15) is 14.7 Å². The molecule has 1 aliphatic heterocycles. The van der Waals surface area contributed by atoms with E-state index >= 15 is 0 Å². The molecule has 2 aliphatic rings. The molecule has 0 saturated carbocycles. The van der Waals surface area contributed by atoms with Crippen molar-refractivity contribution in [3.05, 3.63) is 75.8 Å². The zero-order chi connectivity index (χ0) is 19.1. The fourth-order valence-electron chi connectivity index (χ4n) is 4.12. The van der Waals surface area contributed by atoms with Crippen molar-refractivity contribution < 1.29 is 19.4 Å². The summed E-state index contributed by atoms with van der Waals surface area (Å²) in [5.41, 5.74) is 3.19. The molecule has 4 rings (SSSR count). The minimum atomic E-state index is -1.20. The molecule has 1 heterocycles. The van der Waals surface area contributed by atoms with Crippen molar-refractivity contribution >= 4 is 29.2 Å². The Labute approximate surface area is 161 Å². The number of carbonyl (C=O) groups excluding carboxylic acids is 2. The van der Waals surface area contributed by atoms with E-state index in [1.165, 1.54) is 7.11 Å². The topological polar surface area (TPSA) is 78.5 Å². The molecule has 2 aromatic carbocycles. The van der Waals surface area contributed by atoms with Crippen LogP contribution >= 0.6 is 11.6 Å². The van der Waals surface area contributed by atoms with Gasteiger partial charge in [-0.25, -0.2) is 4.79 Å². The molecule has 1 aliphatic carbocycles. The Kier molecular flexibility index (Phi) is 4.40. The van der Waals surface area contributed by atoms with Crippen molar-refractivity contribution in [2.45, 2.75) is 18.4 Å². The maximum atomic E-state index is 12.3. The van der Waals surface area contributed by atoms with Crippen LogP contribution in [0.4, 0.5) is 5.69 Å². The van der Waals surface area contributed by atoms with Crippen LogP contribution in [0.5, 0.6) is 0 Å². The molecular weight excluding hydrogens is 366 g/mol. The van der Waals surface area contributed by atoms with Crippen LogP contribution in [0, 0.1) is 5.92 Å². The van der Waals surface area contributed by atoms with Crippen LogP contribution in [0.3, 0.4) is 0 Å². The lowest BCUT2D eigenvalue weighted by molar-refractivity contribution is -0.255. The number of ether oxygens (including phenoxy) is 1. The molecule has 2 aromatic rings. The number of benzene rings is 2. The Balaban J connectivity index is 1.80. The first-order chi connectivity index (χ1) is 13.0. The summed E-state index contributed by atoms with van der Waals surface area (Å²) in [6, 6.07) is 10.0. The predicted octanol–water partition coefficient (Wildman–Crippen LogP) is 3.32. The van der Waals surface area contributed by atoms with Crippen LogP contribution in [0.1, 0.15) is 50.2 Å². The zero-order valence-corrected chi connectivity index (χ0v) is 15.3. The summed E-state index contributed by atoms with van der Waals surface area (Å²) in [7, 11) is 1.36. The highest BCUT2D eigenvalue weighted by atomic mass is 35.5. The lowest BCUT2D eigenvalue weighted by Gasteiger charge is -2.38.